The number of hydrogen-bond donors (Lipinski definition) is 0. The van der Waals surface area contributed by atoms with Crippen molar-refractivity contribution in [1.29, 1.82) is 0 Å². The monoisotopic (exact) mass is 268 g/mol. The maximum absolute atomic E-state index is 6.01. The van der Waals surface area contributed by atoms with Crippen LogP contribution in [0.3, 0.4) is 0 Å². The van der Waals surface area contributed by atoms with Gasteiger partial charge in [-0.2, -0.15) is 0 Å². The maximum atomic E-state index is 6.01. The zero-order valence-corrected chi connectivity index (χ0v) is 13.0. The number of fused-ring (bicyclic) bond motifs is 2. The van der Waals surface area contributed by atoms with Gasteiger partial charge in [-0.05, 0) is 24.7 Å². The van der Waals surface area contributed by atoms with Crippen molar-refractivity contribution in [3.63, 3.8) is 0 Å². The molecule has 0 aromatic carbocycles. The van der Waals surface area contributed by atoms with Crippen LogP contribution in [0, 0.1) is 0 Å². The second kappa shape index (κ2) is 4.42. The molecule has 0 spiro atoms. The topological polar surface area (TPSA) is 27.7 Å². The van der Waals surface area contributed by atoms with Crippen LogP contribution in [0.5, 0.6) is 0 Å². The molecule has 2 bridgehead atoms. The van der Waals surface area contributed by atoms with Crippen molar-refractivity contribution in [3.8, 4) is 0 Å². The molecule has 2 aliphatic rings. The van der Waals surface area contributed by atoms with E-state index in [-0.39, 0.29) is 23.4 Å². The summed E-state index contributed by atoms with van der Waals surface area (Å²) >= 11 is 0. The summed E-state index contributed by atoms with van der Waals surface area (Å²) < 4.78 is 17.5. The van der Waals surface area contributed by atoms with E-state index in [2.05, 4.69) is 52.6 Å². The second-order valence-electron chi connectivity index (χ2n) is 6.65. The predicted octanol–water partition coefficient (Wildman–Crippen LogP) is 3.59. The van der Waals surface area contributed by atoms with E-state index >= 15 is 0 Å². The minimum Gasteiger partial charge on any atom is -0.519 e. The molecule has 3 nitrogen and oxygen atoms in total. The van der Waals surface area contributed by atoms with E-state index < -0.39 is 8.32 Å². The van der Waals surface area contributed by atoms with Crippen molar-refractivity contribution in [2.45, 2.75) is 63.6 Å². The van der Waals surface area contributed by atoms with Crippen LogP contribution in [0.25, 0.3) is 0 Å². The van der Waals surface area contributed by atoms with E-state index in [1.807, 2.05) is 0 Å². The maximum Gasteiger partial charge on any atom is 0.258 e. The van der Waals surface area contributed by atoms with Crippen molar-refractivity contribution in [3.05, 3.63) is 24.7 Å². The fraction of sp³-hybridized carbons (Fsp3) is 0.714. The molecule has 2 heterocycles. The third-order valence-electron chi connectivity index (χ3n) is 4.14. The van der Waals surface area contributed by atoms with Crippen LogP contribution in [-0.4, -0.2) is 26.6 Å². The van der Waals surface area contributed by atoms with Gasteiger partial charge in [0, 0.05) is 6.42 Å². The van der Waals surface area contributed by atoms with Crippen molar-refractivity contribution < 1.29 is 13.9 Å². The first-order valence-corrected chi connectivity index (χ1v) is 9.48. The first-order valence-electron chi connectivity index (χ1n) is 6.57. The van der Waals surface area contributed by atoms with Crippen molar-refractivity contribution in [2.24, 2.45) is 0 Å². The molecule has 2 rings (SSSR count). The van der Waals surface area contributed by atoms with Gasteiger partial charge in [0.05, 0.1) is 6.10 Å². The van der Waals surface area contributed by atoms with Crippen LogP contribution in [0.4, 0.5) is 0 Å². The smallest absolute Gasteiger partial charge is 0.258 e. The van der Waals surface area contributed by atoms with E-state index in [4.69, 9.17) is 13.9 Å². The van der Waals surface area contributed by atoms with Gasteiger partial charge >= 0.3 is 0 Å². The van der Waals surface area contributed by atoms with E-state index in [9.17, 15) is 0 Å². The normalized spacial score (nSPS) is 30.6. The zero-order chi connectivity index (χ0) is 13.6. The molecule has 1 saturated heterocycles. The highest BCUT2D eigenvalue weighted by Gasteiger charge is 2.42. The van der Waals surface area contributed by atoms with Crippen LogP contribution in [0.15, 0.2) is 24.7 Å². The van der Waals surface area contributed by atoms with Crippen LogP contribution < -0.4 is 0 Å². The molecule has 0 saturated carbocycles. The first-order chi connectivity index (χ1) is 8.19. The van der Waals surface area contributed by atoms with E-state index in [0.29, 0.717) is 5.95 Å². The Balaban J connectivity index is 1.88. The Hall–Kier alpha value is -0.743. The molecule has 4 heteroatoms. The lowest BCUT2D eigenvalue weighted by Crippen LogP contribution is -2.41. The molecule has 0 radical (unpaired) electrons. The second-order valence-corrected chi connectivity index (χ2v) is 11.4. The SMILES string of the molecule is C=C(O[C@H]1C[C@H]2C=C[C@@H]1O2)O[Si](C)(C)C(C)(C)C. The van der Waals surface area contributed by atoms with Crippen LogP contribution in [-0.2, 0) is 13.9 Å². The highest BCUT2D eigenvalue weighted by atomic mass is 28.4. The Morgan fingerprint density at radius 3 is 2.44 bits per heavy atom. The highest BCUT2D eigenvalue weighted by Crippen LogP contribution is 2.39. The van der Waals surface area contributed by atoms with E-state index in [0.717, 1.165) is 6.42 Å². The number of ether oxygens (including phenoxy) is 2. The van der Waals surface area contributed by atoms with Gasteiger partial charge in [0.2, 0.25) is 0 Å². The van der Waals surface area contributed by atoms with Gasteiger partial charge in [-0.25, -0.2) is 0 Å². The van der Waals surface area contributed by atoms with Crippen LogP contribution >= 0.6 is 0 Å². The van der Waals surface area contributed by atoms with Gasteiger partial charge in [0.15, 0.2) is 0 Å². The lowest BCUT2D eigenvalue weighted by atomic mass is 10.1. The Labute approximate surface area is 111 Å². The predicted molar refractivity (Wildman–Crippen MR) is 74.7 cm³/mol. The Morgan fingerprint density at radius 1 is 1.33 bits per heavy atom. The van der Waals surface area contributed by atoms with Gasteiger partial charge in [0.1, 0.15) is 12.2 Å². The molecule has 102 valence electrons. The lowest BCUT2D eigenvalue weighted by Gasteiger charge is -2.37. The summed E-state index contributed by atoms with van der Waals surface area (Å²) in [5.41, 5.74) is 0. The zero-order valence-electron chi connectivity index (χ0n) is 12.0. The van der Waals surface area contributed by atoms with E-state index in [1.54, 1.807) is 0 Å². The molecule has 2 aliphatic heterocycles. The van der Waals surface area contributed by atoms with Crippen LogP contribution in [0.1, 0.15) is 27.2 Å². The molecule has 18 heavy (non-hydrogen) atoms. The van der Waals surface area contributed by atoms with Gasteiger partial charge in [-0.15, -0.1) is 0 Å². The summed E-state index contributed by atoms with van der Waals surface area (Å²) in [5, 5.41) is 0.157. The molecule has 3 atom stereocenters. The summed E-state index contributed by atoms with van der Waals surface area (Å²) in [4.78, 5) is 0. The van der Waals surface area contributed by atoms with Gasteiger partial charge < -0.3 is 13.9 Å². The largest absolute Gasteiger partial charge is 0.519 e. The number of rotatable bonds is 4. The molecule has 0 amide bonds. The Bertz CT molecular complexity index is 368. The Morgan fingerprint density at radius 2 is 2.00 bits per heavy atom. The quantitative estimate of drug-likeness (QED) is 0.443. The molecular formula is C14H24O3Si. The molecular weight excluding hydrogens is 244 g/mol. The summed E-state index contributed by atoms with van der Waals surface area (Å²) in [5.74, 6) is 0.455. The standard InChI is InChI=1S/C14H24O3Si/c1-10(17-18(5,6)14(2,3)4)15-13-9-11-7-8-12(13)16-11/h7-8,11-13H,1,9H2,2-6H3/t11-,12+,13+/m1/s1. The molecule has 0 aromatic heterocycles. The van der Waals surface area contributed by atoms with Crippen molar-refractivity contribution in [1.82, 2.24) is 0 Å². The average molecular weight is 268 g/mol. The molecule has 0 N–H and O–H groups in total. The first kappa shape index (κ1) is 13.7. The highest BCUT2D eigenvalue weighted by molar-refractivity contribution is 6.74. The Kier molecular flexibility index (Phi) is 3.36. The molecule has 0 unspecified atom stereocenters. The summed E-state index contributed by atoms with van der Waals surface area (Å²) in [6.07, 6.45) is 5.44. The lowest BCUT2D eigenvalue weighted by molar-refractivity contribution is 0.00643. The van der Waals surface area contributed by atoms with Crippen molar-refractivity contribution >= 4 is 8.32 Å². The molecule has 0 aromatic rings. The van der Waals surface area contributed by atoms with E-state index in [1.165, 1.54) is 0 Å². The van der Waals surface area contributed by atoms with Crippen molar-refractivity contribution in [2.75, 3.05) is 0 Å². The summed E-state index contributed by atoms with van der Waals surface area (Å²) in [6.45, 7) is 14.9. The van der Waals surface area contributed by atoms with Crippen LogP contribution in [0.2, 0.25) is 18.1 Å². The molecule has 1 fully saturated rings. The average Bonchev–Trinajstić information content (AvgIpc) is 2.75. The number of hydrogen-bond acceptors (Lipinski definition) is 3. The summed E-state index contributed by atoms with van der Waals surface area (Å²) in [7, 11) is -1.84. The van der Waals surface area contributed by atoms with Gasteiger partial charge in [-0.3, -0.25) is 0 Å². The fourth-order valence-corrected chi connectivity index (χ4v) is 2.90. The molecule has 0 aliphatic carbocycles. The van der Waals surface area contributed by atoms with Gasteiger partial charge in [0.25, 0.3) is 14.3 Å². The third-order valence-corrected chi connectivity index (χ3v) is 8.49. The minimum atomic E-state index is -1.84. The third kappa shape index (κ3) is 2.64. The summed E-state index contributed by atoms with van der Waals surface area (Å²) in [6, 6.07) is 0. The fourth-order valence-electron chi connectivity index (χ4n) is 1.98. The van der Waals surface area contributed by atoms with Gasteiger partial charge in [-0.1, -0.05) is 32.9 Å². The minimum absolute atomic E-state index is 0.0669.